The van der Waals surface area contributed by atoms with Crippen LogP contribution in [-0.2, 0) is 10.0 Å². The summed E-state index contributed by atoms with van der Waals surface area (Å²) < 4.78 is 46.9. The highest BCUT2D eigenvalue weighted by Crippen LogP contribution is 2.25. The average Bonchev–Trinajstić information content (AvgIpc) is 3.17. The number of esters is 1. The van der Waals surface area contributed by atoms with Crippen LogP contribution in [0, 0.1) is 19.7 Å². The Morgan fingerprint density at radius 1 is 0.941 bits per heavy atom. The molecular weight excluding hydrogens is 457 g/mol. The minimum Gasteiger partial charge on any atom is -0.423 e. The van der Waals surface area contributed by atoms with E-state index in [0.717, 1.165) is 33.5 Å². The summed E-state index contributed by atoms with van der Waals surface area (Å²) in [6.45, 7) is 3.87. The lowest BCUT2D eigenvalue weighted by atomic mass is 10.2. The molecule has 34 heavy (non-hydrogen) atoms. The van der Waals surface area contributed by atoms with Crippen molar-refractivity contribution >= 4 is 21.7 Å². The van der Waals surface area contributed by atoms with Gasteiger partial charge in [-0.15, -0.1) is 0 Å². The Kier molecular flexibility index (Phi) is 6.21. The Labute approximate surface area is 197 Å². The molecule has 0 fully saturated rings. The summed E-state index contributed by atoms with van der Waals surface area (Å²) in [6.07, 6.45) is 0. The van der Waals surface area contributed by atoms with E-state index in [1.165, 1.54) is 43.4 Å². The summed E-state index contributed by atoms with van der Waals surface area (Å²) in [5.74, 6) is -0.794. The van der Waals surface area contributed by atoms with Crippen LogP contribution in [0.25, 0.3) is 5.69 Å². The molecule has 0 bridgehead atoms. The van der Waals surface area contributed by atoms with Crippen LogP contribution in [-0.4, -0.2) is 31.2 Å². The topological polar surface area (TPSA) is 81.5 Å². The molecule has 0 unspecified atom stereocenters. The monoisotopic (exact) mass is 479 g/mol. The summed E-state index contributed by atoms with van der Waals surface area (Å²) in [7, 11) is -2.47. The van der Waals surface area contributed by atoms with Crippen LogP contribution < -0.4 is 9.04 Å². The van der Waals surface area contributed by atoms with Gasteiger partial charge in [0.15, 0.2) is 0 Å². The Morgan fingerprint density at radius 2 is 1.56 bits per heavy atom. The van der Waals surface area contributed by atoms with Gasteiger partial charge in [0.1, 0.15) is 11.6 Å². The molecule has 0 aliphatic carbocycles. The van der Waals surface area contributed by atoms with Gasteiger partial charge in [0.2, 0.25) is 0 Å². The van der Waals surface area contributed by atoms with E-state index >= 15 is 0 Å². The molecule has 0 spiro atoms. The number of aromatic nitrogens is 2. The predicted octanol–water partition coefficient (Wildman–Crippen LogP) is 4.67. The van der Waals surface area contributed by atoms with E-state index in [4.69, 9.17) is 4.74 Å². The Morgan fingerprint density at radius 3 is 2.12 bits per heavy atom. The fraction of sp³-hybridized carbons (Fsp3) is 0.120. The van der Waals surface area contributed by atoms with Gasteiger partial charge in [-0.2, -0.15) is 5.10 Å². The van der Waals surface area contributed by atoms with Crippen LogP contribution in [0.1, 0.15) is 21.7 Å². The van der Waals surface area contributed by atoms with Crippen LogP contribution in [0.4, 0.5) is 10.1 Å². The molecule has 1 aromatic heterocycles. The zero-order valence-corrected chi connectivity index (χ0v) is 19.6. The van der Waals surface area contributed by atoms with Crippen molar-refractivity contribution in [1.82, 2.24) is 9.78 Å². The second kappa shape index (κ2) is 9.11. The highest BCUT2D eigenvalue weighted by atomic mass is 32.2. The van der Waals surface area contributed by atoms with Gasteiger partial charge in [0, 0.05) is 12.7 Å². The van der Waals surface area contributed by atoms with E-state index in [2.05, 4.69) is 5.10 Å². The third-order valence-corrected chi connectivity index (χ3v) is 7.04. The number of nitrogens with zero attached hydrogens (tertiary/aromatic N) is 3. The van der Waals surface area contributed by atoms with E-state index in [1.54, 1.807) is 28.9 Å². The number of benzene rings is 3. The number of carbonyl (C=O) groups is 1. The summed E-state index contributed by atoms with van der Waals surface area (Å²) in [6, 6.07) is 19.5. The van der Waals surface area contributed by atoms with Crippen LogP contribution in [0.2, 0.25) is 0 Å². The normalized spacial score (nSPS) is 11.3. The second-order valence-electron chi connectivity index (χ2n) is 7.70. The first kappa shape index (κ1) is 23.2. The maximum absolute atomic E-state index is 13.1. The van der Waals surface area contributed by atoms with E-state index in [-0.39, 0.29) is 10.6 Å². The standard InChI is InChI=1S/C25H22FN3O4S/c1-17-16-18(2)29(27-17)22-8-4-19(5-9-22)25(30)33-23-12-10-21(11-13-23)28(3)34(31,32)24-14-6-20(26)7-15-24/h4-16H,1-3H3. The molecule has 0 N–H and O–H groups in total. The number of rotatable bonds is 6. The largest absolute Gasteiger partial charge is 0.423 e. The summed E-state index contributed by atoms with van der Waals surface area (Å²) in [4.78, 5) is 12.5. The highest BCUT2D eigenvalue weighted by Gasteiger charge is 2.21. The van der Waals surface area contributed by atoms with Gasteiger partial charge >= 0.3 is 5.97 Å². The van der Waals surface area contributed by atoms with Crippen molar-refractivity contribution in [3.63, 3.8) is 0 Å². The van der Waals surface area contributed by atoms with Gasteiger partial charge in [-0.3, -0.25) is 4.31 Å². The molecule has 0 atom stereocenters. The van der Waals surface area contributed by atoms with E-state index in [9.17, 15) is 17.6 Å². The zero-order valence-electron chi connectivity index (χ0n) is 18.8. The number of sulfonamides is 1. The average molecular weight is 480 g/mol. The SMILES string of the molecule is Cc1cc(C)n(-c2ccc(C(=O)Oc3ccc(N(C)S(=O)(=O)c4ccc(F)cc4)cc3)cc2)n1. The third kappa shape index (κ3) is 4.69. The first-order chi connectivity index (χ1) is 16.1. The zero-order chi connectivity index (χ0) is 24.5. The number of aryl methyl sites for hydroxylation is 2. The number of hydrogen-bond acceptors (Lipinski definition) is 5. The van der Waals surface area contributed by atoms with E-state index in [1.807, 2.05) is 19.9 Å². The van der Waals surface area contributed by atoms with Crippen LogP contribution in [0.5, 0.6) is 5.75 Å². The Hall–Kier alpha value is -3.98. The lowest BCUT2D eigenvalue weighted by Crippen LogP contribution is -2.26. The molecular formula is C25H22FN3O4S. The molecule has 0 saturated carbocycles. The molecule has 0 amide bonds. The molecule has 4 aromatic rings. The smallest absolute Gasteiger partial charge is 0.343 e. The Balaban J connectivity index is 1.45. The molecule has 0 saturated heterocycles. The van der Waals surface area contributed by atoms with Gasteiger partial charge in [0.05, 0.1) is 27.5 Å². The molecule has 0 radical (unpaired) electrons. The summed E-state index contributed by atoms with van der Waals surface area (Å²) in [5, 5.41) is 4.42. The minimum absolute atomic E-state index is 0.0317. The van der Waals surface area contributed by atoms with Crippen LogP contribution >= 0.6 is 0 Å². The molecule has 3 aromatic carbocycles. The summed E-state index contributed by atoms with van der Waals surface area (Å²) in [5.41, 5.74) is 3.44. The second-order valence-corrected chi connectivity index (χ2v) is 9.66. The van der Waals surface area contributed by atoms with Gasteiger partial charge in [-0.05, 0) is 92.7 Å². The first-order valence-electron chi connectivity index (χ1n) is 10.4. The Bertz CT molecular complexity index is 1430. The van der Waals surface area contributed by atoms with Gasteiger partial charge in [-0.25, -0.2) is 22.3 Å². The van der Waals surface area contributed by atoms with Crippen molar-refractivity contribution in [1.29, 1.82) is 0 Å². The predicted molar refractivity (Wildman–Crippen MR) is 126 cm³/mol. The maximum Gasteiger partial charge on any atom is 0.343 e. The summed E-state index contributed by atoms with van der Waals surface area (Å²) >= 11 is 0. The fourth-order valence-corrected chi connectivity index (χ4v) is 4.62. The van der Waals surface area contributed by atoms with E-state index in [0.29, 0.717) is 11.3 Å². The van der Waals surface area contributed by atoms with Crippen molar-refractivity contribution in [2.45, 2.75) is 18.7 Å². The van der Waals surface area contributed by atoms with Crippen molar-refractivity contribution in [3.8, 4) is 11.4 Å². The quantitative estimate of drug-likeness (QED) is 0.296. The molecule has 9 heteroatoms. The molecule has 7 nitrogen and oxygen atoms in total. The van der Waals surface area contributed by atoms with Gasteiger partial charge in [-0.1, -0.05) is 0 Å². The fourth-order valence-electron chi connectivity index (χ4n) is 3.42. The molecule has 0 aliphatic rings. The molecule has 174 valence electrons. The van der Waals surface area contributed by atoms with Crippen molar-refractivity contribution < 1.29 is 22.3 Å². The van der Waals surface area contributed by atoms with Gasteiger partial charge in [0.25, 0.3) is 10.0 Å². The number of hydrogen-bond donors (Lipinski definition) is 0. The molecule has 4 rings (SSSR count). The number of ether oxygens (including phenoxy) is 1. The number of halogens is 1. The molecule has 1 heterocycles. The van der Waals surface area contributed by atoms with Gasteiger partial charge < -0.3 is 4.74 Å². The van der Waals surface area contributed by atoms with Crippen LogP contribution in [0.15, 0.2) is 83.8 Å². The molecule has 0 aliphatic heterocycles. The van der Waals surface area contributed by atoms with Crippen molar-refractivity contribution in [2.75, 3.05) is 11.4 Å². The minimum atomic E-state index is -3.86. The lowest BCUT2D eigenvalue weighted by molar-refractivity contribution is 0.0734. The van der Waals surface area contributed by atoms with Crippen molar-refractivity contribution in [2.24, 2.45) is 0 Å². The number of carbonyl (C=O) groups excluding carboxylic acids is 1. The van der Waals surface area contributed by atoms with Crippen LogP contribution in [0.3, 0.4) is 0 Å². The lowest BCUT2D eigenvalue weighted by Gasteiger charge is -2.19. The number of anilines is 1. The highest BCUT2D eigenvalue weighted by molar-refractivity contribution is 7.92. The van der Waals surface area contributed by atoms with Crippen molar-refractivity contribution in [3.05, 3.63) is 102 Å². The maximum atomic E-state index is 13.1. The first-order valence-corrected chi connectivity index (χ1v) is 11.8. The van der Waals surface area contributed by atoms with E-state index < -0.39 is 21.8 Å². The third-order valence-electron chi connectivity index (χ3n) is 5.24.